The van der Waals surface area contributed by atoms with E-state index < -0.39 is 24.1 Å². The molecule has 0 radical (unpaired) electrons. The molecule has 4 unspecified atom stereocenters. The van der Waals surface area contributed by atoms with Gasteiger partial charge in [0.25, 0.3) is 0 Å². The molecular weight excluding hydrogens is 444 g/mol. The third kappa shape index (κ3) is 3.78. The van der Waals surface area contributed by atoms with E-state index in [9.17, 15) is 15.0 Å². The standard InChI is InChI=1S/C29H22O6/c30-20-12-13-21-23(16-20)34-27(26(32)25(21)31)19-11-14-22-24(15-19)35-29(18-9-5-2-6-10-18)28(33-22)17-7-3-1-4-8-17/h1-16,26-30,32H. The first-order chi connectivity index (χ1) is 17.1. The summed E-state index contributed by atoms with van der Waals surface area (Å²) >= 11 is 0. The fourth-order valence-electron chi connectivity index (χ4n) is 4.62. The van der Waals surface area contributed by atoms with E-state index in [1.54, 1.807) is 18.2 Å². The average Bonchev–Trinajstić information content (AvgIpc) is 2.90. The van der Waals surface area contributed by atoms with Gasteiger partial charge in [-0.25, -0.2) is 0 Å². The lowest BCUT2D eigenvalue weighted by Crippen LogP contribution is -2.36. The van der Waals surface area contributed by atoms with Gasteiger partial charge in [-0.05, 0) is 41.0 Å². The third-order valence-electron chi connectivity index (χ3n) is 6.38. The number of carbonyl (C=O) groups excluding carboxylic acids is 1. The molecule has 0 aromatic heterocycles. The number of benzene rings is 4. The average molecular weight is 466 g/mol. The summed E-state index contributed by atoms with van der Waals surface area (Å²) in [7, 11) is 0. The van der Waals surface area contributed by atoms with E-state index in [0.29, 0.717) is 17.1 Å². The minimum Gasteiger partial charge on any atom is -0.508 e. The summed E-state index contributed by atoms with van der Waals surface area (Å²) in [6, 6.07) is 29.2. The number of ketones is 1. The smallest absolute Gasteiger partial charge is 0.199 e. The van der Waals surface area contributed by atoms with E-state index in [4.69, 9.17) is 14.2 Å². The Morgan fingerprint density at radius 3 is 1.83 bits per heavy atom. The number of aliphatic hydroxyl groups is 1. The van der Waals surface area contributed by atoms with Crippen molar-refractivity contribution < 1.29 is 29.2 Å². The van der Waals surface area contributed by atoms with Gasteiger partial charge >= 0.3 is 0 Å². The number of aromatic hydroxyl groups is 1. The highest BCUT2D eigenvalue weighted by molar-refractivity contribution is 6.03. The van der Waals surface area contributed by atoms with E-state index in [0.717, 1.165) is 11.1 Å². The predicted octanol–water partition coefficient (Wildman–Crippen LogP) is 5.32. The Kier molecular flexibility index (Phi) is 5.16. The zero-order valence-corrected chi connectivity index (χ0v) is 18.6. The van der Waals surface area contributed by atoms with Crippen molar-refractivity contribution in [3.05, 3.63) is 119 Å². The number of Topliss-reactive ketones (excluding diaryl/α,β-unsaturated/α-hetero) is 1. The van der Waals surface area contributed by atoms with E-state index in [1.165, 1.54) is 18.2 Å². The van der Waals surface area contributed by atoms with Crippen molar-refractivity contribution in [2.45, 2.75) is 24.4 Å². The molecular formula is C29H22O6. The molecule has 0 bridgehead atoms. The number of phenolic OH excluding ortho intramolecular Hbond substituents is 1. The minimum absolute atomic E-state index is 0.0217. The van der Waals surface area contributed by atoms with Gasteiger partial charge < -0.3 is 24.4 Å². The van der Waals surface area contributed by atoms with Crippen LogP contribution >= 0.6 is 0 Å². The molecule has 0 saturated carbocycles. The lowest BCUT2D eigenvalue weighted by atomic mass is 9.92. The van der Waals surface area contributed by atoms with E-state index in [1.807, 2.05) is 60.7 Å². The molecule has 6 heteroatoms. The molecule has 0 amide bonds. The number of rotatable bonds is 3. The second-order valence-electron chi connectivity index (χ2n) is 8.63. The maximum atomic E-state index is 12.8. The Labute approximate surface area is 202 Å². The quantitative estimate of drug-likeness (QED) is 0.425. The van der Waals surface area contributed by atoms with Gasteiger partial charge in [0.15, 0.2) is 41.7 Å². The topological polar surface area (TPSA) is 85.2 Å². The maximum absolute atomic E-state index is 12.8. The Bertz CT molecular complexity index is 1390. The highest BCUT2D eigenvalue weighted by atomic mass is 16.6. The Hall–Kier alpha value is -4.29. The van der Waals surface area contributed by atoms with Crippen molar-refractivity contribution >= 4 is 5.78 Å². The molecule has 0 saturated heterocycles. The molecule has 0 aliphatic carbocycles. The Balaban J connectivity index is 1.37. The maximum Gasteiger partial charge on any atom is 0.199 e. The zero-order valence-electron chi connectivity index (χ0n) is 18.6. The number of phenols is 1. The summed E-state index contributed by atoms with van der Waals surface area (Å²) in [5, 5.41) is 20.5. The van der Waals surface area contributed by atoms with Gasteiger partial charge in [0.1, 0.15) is 11.5 Å². The van der Waals surface area contributed by atoms with Gasteiger partial charge in [-0.15, -0.1) is 0 Å². The first-order valence-corrected chi connectivity index (χ1v) is 11.4. The summed E-state index contributed by atoms with van der Waals surface area (Å²) in [6.07, 6.45) is -3.10. The summed E-state index contributed by atoms with van der Waals surface area (Å²) in [5.74, 6) is 0.799. The van der Waals surface area contributed by atoms with Crippen LogP contribution in [0.25, 0.3) is 0 Å². The van der Waals surface area contributed by atoms with Gasteiger partial charge in [0.2, 0.25) is 0 Å². The second kappa shape index (κ2) is 8.49. The number of carbonyl (C=O) groups is 1. The third-order valence-corrected chi connectivity index (χ3v) is 6.38. The van der Waals surface area contributed by atoms with Crippen LogP contribution in [0.5, 0.6) is 23.0 Å². The fourth-order valence-corrected chi connectivity index (χ4v) is 4.62. The molecule has 2 aliphatic rings. The van der Waals surface area contributed by atoms with Crippen molar-refractivity contribution in [1.29, 1.82) is 0 Å². The van der Waals surface area contributed by atoms with Gasteiger partial charge in [-0.1, -0.05) is 66.7 Å². The summed E-state index contributed by atoms with van der Waals surface area (Å²) < 4.78 is 18.8. The van der Waals surface area contributed by atoms with Gasteiger partial charge in [0, 0.05) is 6.07 Å². The first-order valence-electron chi connectivity index (χ1n) is 11.4. The monoisotopic (exact) mass is 466 g/mol. The summed E-state index contributed by atoms with van der Waals surface area (Å²) in [4.78, 5) is 12.8. The molecule has 6 rings (SSSR count). The highest BCUT2D eigenvalue weighted by Crippen LogP contribution is 2.47. The van der Waals surface area contributed by atoms with Crippen LogP contribution in [0.4, 0.5) is 0 Å². The Morgan fingerprint density at radius 2 is 1.17 bits per heavy atom. The van der Waals surface area contributed by atoms with Crippen molar-refractivity contribution in [2.75, 3.05) is 0 Å². The lowest BCUT2D eigenvalue weighted by Gasteiger charge is -2.35. The van der Waals surface area contributed by atoms with Crippen LogP contribution < -0.4 is 14.2 Å². The van der Waals surface area contributed by atoms with Crippen molar-refractivity contribution in [1.82, 2.24) is 0 Å². The zero-order chi connectivity index (χ0) is 23.9. The van der Waals surface area contributed by atoms with Crippen LogP contribution in [0, 0.1) is 0 Å². The van der Waals surface area contributed by atoms with Crippen molar-refractivity contribution in [3.63, 3.8) is 0 Å². The molecule has 2 aliphatic heterocycles. The SMILES string of the molecule is O=C1c2ccc(O)cc2OC(c2ccc3c(c2)OC(c2ccccc2)C(c2ccccc2)O3)C1O. The molecule has 0 spiro atoms. The minimum atomic E-state index is -1.39. The molecule has 0 fully saturated rings. The number of aliphatic hydroxyl groups excluding tert-OH is 1. The highest BCUT2D eigenvalue weighted by Gasteiger charge is 2.39. The van der Waals surface area contributed by atoms with Crippen LogP contribution in [-0.4, -0.2) is 22.1 Å². The van der Waals surface area contributed by atoms with Crippen LogP contribution in [0.15, 0.2) is 97.1 Å². The van der Waals surface area contributed by atoms with E-state index in [-0.39, 0.29) is 23.2 Å². The number of hydrogen-bond acceptors (Lipinski definition) is 6. The molecule has 4 atom stereocenters. The van der Waals surface area contributed by atoms with E-state index in [2.05, 4.69) is 0 Å². The summed E-state index contributed by atoms with van der Waals surface area (Å²) in [6.45, 7) is 0. The van der Waals surface area contributed by atoms with Crippen LogP contribution in [0.3, 0.4) is 0 Å². The fraction of sp³-hybridized carbons (Fsp3) is 0.138. The number of ether oxygens (including phenoxy) is 3. The predicted molar refractivity (Wildman–Crippen MR) is 128 cm³/mol. The molecule has 2 heterocycles. The first kappa shape index (κ1) is 21.3. The number of hydrogen-bond donors (Lipinski definition) is 2. The van der Waals surface area contributed by atoms with Crippen LogP contribution in [0.2, 0.25) is 0 Å². The molecule has 6 nitrogen and oxygen atoms in total. The van der Waals surface area contributed by atoms with Crippen molar-refractivity contribution in [2.24, 2.45) is 0 Å². The molecule has 174 valence electrons. The molecule has 2 N–H and O–H groups in total. The van der Waals surface area contributed by atoms with Crippen LogP contribution in [-0.2, 0) is 0 Å². The lowest BCUT2D eigenvalue weighted by molar-refractivity contribution is 0.0146. The van der Waals surface area contributed by atoms with Crippen LogP contribution in [0.1, 0.15) is 45.4 Å². The number of fused-ring (bicyclic) bond motifs is 2. The van der Waals surface area contributed by atoms with Gasteiger partial charge in [0.05, 0.1) is 5.56 Å². The largest absolute Gasteiger partial charge is 0.508 e. The van der Waals surface area contributed by atoms with E-state index >= 15 is 0 Å². The molecule has 4 aromatic rings. The molecule has 4 aromatic carbocycles. The van der Waals surface area contributed by atoms with Gasteiger partial charge in [-0.2, -0.15) is 0 Å². The second-order valence-corrected chi connectivity index (χ2v) is 8.63. The van der Waals surface area contributed by atoms with Crippen molar-refractivity contribution in [3.8, 4) is 23.0 Å². The molecule has 35 heavy (non-hydrogen) atoms. The summed E-state index contributed by atoms with van der Waals surface area (Å²) in [5.41, 5.74) is 2.75. The Morgan fingerprint density at radius 1 is 0.571 bits per heavy atom. The van der Waals surface area contributed by atoms with Gasteiger partial charge in [-0.3, -0.25) is 4.79 Å². The normalized spacial score (nSPS) is 22.7.